The van der Waals surface area contributed by atoms with E-state index in [4.69, 9.17) is 10.00 Å². The van der Waals surface area contributed by atoms with E-state index in [0.717, 1.165) is 5.69 Å². The molecule has 5 nitrogen and oxygen atoms in total. The Morgan fingerprint density at radius 1 is 1.25 bits per heavy atom. The van der Waals surface area contributed by atoms with Crippen LogP contribution in [0.2, 0.25) is 0 Å². The first kappa shape index (κ1) is 17.5. The Labute approximate surface area is 141 Å². The lowest BCUT2D eigenvalue weighted by Crippen LogP contribution is -2.13. The maximum atomic E-state index is 11.7. The molecule has 0 heterocycles. The van der Waals surface area contributed by atoms with Crippen LogP contribution in [0.4, 0.5) is 5.69 Å². The largest absolute Gasteiger partial charge is 0.490 e. The number of carbonyl (C=O) groups is 1. The van der Waals surface area contributed by atoms with Gasteiger partial charge in [-0.2, -0.15) is 5.26 Å². The van der Waals surface area contributed by atoms with Crippen LogP contribution in [0.5, 0.6) is 5.75 Å². The van der Waals surface area contributed by atoms with Gasteiger partial charge in [-0.25, -0.2) is 0 Å². The maximum absolute atomic E-state index is 11.7. The Balaban J connectivity index is 2.16. The summed E-state index contributed by atoms with van der Waals surface area (Å²) in [4.78, 5) is 13.7. The number of rotatable bonds is 6. The van der Waals surface area contributed by atoms with Crippen LogP contribution < -0.4 is 9.64 Å². The molecule has 0 saturated heterocycles. The molecule has 0 spiro atoms. The molecule has 2 aromatic carbocycles. The second-order valence-corrected chi connectivity index (χ2v) is 5.69. The third kappa shape index (κ3) is 4.12. The molecule has 1 N–H and O–H groups in total. The number of carbonyl (C=O) groups excluding carboxylic acids is 1. The van der Waals surface area contributed by atoms with E-state index in [1.165, 1.54) is 6.92 Å². The summed E-state index contributed by atoms with van der Waals surface area (Å²) in [6.45, 7) is 1.50. The summed E-state index contributed by atoms with van der Waals surface area (Å²) in [7, 11) is 3.80. The molecule has 0 saturated carbocycles. The third-order valence-electron chi connectivity index (χ3n) is 3.68. The molecule has 0 aliphatic heterocycles. The quantitative estimate of drug-likeness (QED) is 0.827. The van der Waals surface area contributed by atoms with Gasteiger partial charge in [-0.3, -0.25) is 4.79 Å². The summed E-state index contributed by atoms with van der Waals surface area (Å²) < 4.78 is 5.70. The predicted octanol–water partition coefficient (Wildman–Crippen LogP) is 2.94. The average molecular weight is 324 g/mol. The first-order valence-corrected chi connectivity index (χ1v) is 7.55. The number of ketones is 1. The number of benzene rings is 2. The van der Waals surface area contributed by atoms with E-state index in [9.17, 15) is 9.90 Å². The minimum absolute atomic E-state index is 0.0169. The lowest BCUT2D eigenvalue weighted by Gasteiger charge is -2.18. The van der Waals surface area contributed by atoms with Gasteiger partial charge >= 0.3 is 0 Å². The highest BCUT2D eigenvalue weighted by molar-refractivity contribution is 5.97. The van der Waals surface area contributed by atoms with Crippen molar-refractivity contribution in [2.24, 2.45) is 0 Å². The molecule has 0 aliphatic carbocycles. The van der Waals surface area contributed by atoms with Gasteiger partial charge in [0, 0.05) is 25.8 Å². The van der Waals surface area contributed by atoms with Crippen LogP contribution in [0, 0.1) is 11.3 Å². The second kappa shape index (κ2) is 7.62. The fraction of sp³-hybridized carbons (Fsp3) is 0.263. The fourth-order valence-electron chi connectivity index (χ4n) is 2.24. The Bertz CT molecular complexity index is 761. The summed E-state index contributed by atoms with van der Waals surface area (Å²) in [6.07, 6.45) is -0.847. The van der Waals surface area contributed by atoms with Gasteiger partial charge in [0.15, 0.2) is 5.78 Å². The van der Waals surface area contributed by atoms with Gasteiger partial charge in [0.05, 0.1) is 17.2 Å². The minimum Gasteiger partial charge on any atom is -0.490 e. The molecular formula is C19H20N2O3. The van der Waals surface area contributed by atoms with Crippen LogP contribution in [0.1, 0.15) is 34.5 Å². The molecule has 0 aliphatic rings. The number of nitrogens with zero attached hydrogens (tertiary/aromatic N) is 2. The summed E-state index contributed by atoms with van der Waals surface area (Å²) in [5.74, 6) is 0.351. The Kier molecular flexibility index (Phi) is 5.56. The van der Waals surface area contributed by atoms with Crippen molar-refractivity contribution in [3.63, 3.8) is 0 Å². The Hall–Kier alpha value is -2.84. The van der Waals surface area contributed by atoms with Gasteiger partial charge in [-0.15, -0.1) is 0 Å². The van der Waals surface area contributed by atoms with Gasteiger partial charge in [-0.1, -0.05) is 12.1 Å². The van der Waals surface area contributed by atoms with Crippen LogP contribution in [0.25, 0.3) is 0 Å². The van der Waals surface area contributed by atoms with E-state index < -0.39 is 6.10 Å². The van der Waals surface area contributed by atoms with E-state index in [1.54, 1.807) is 36.4 Å². The molecule has 0 bridgehead atoms. The third-order valence-corrected chi connectivity index (χ3v) is 3.68. The average Bonchev–Trinajstić information content (AvgIpc) is 2.59. The van der Waals surface area contributed by atoms with Crippen molar-refractivity contribution in [1.82, 2.24) is 0 Å². The standard InChI is InChI=1S/C19H20N2O3/c1-13(22)17-9-8-16(21(2)3)10-19(17)24-12-18(23)15-6-4-14(11-20)5-7-15/h4-10,18,23H,12H2,1-3H3. The Morgan fingerprint density at radius 3 is 2.46 bits per heavy atom. The highest BCUT2D eigenvalue weighted by atomic mass is 16.5. The summed E-state index contributed by atoms with van der Waals surface area (Å²) >= 11 is 0. The SMILES string of the molecule is CC(=O)c1ccc(N(C)C)cc1OCC(O)c1ccc(C#N)cc1. The smallest absolute Gasteiger partial charge is 0.163 e. The van der Waals surface area contributed by atoms with Crippen molar-refractivity contribution in [3.8, 4) is 11.8 Å². The van der Waals surface area contributed by atoms with Gasteiger partial charge in [0.1, 0.15) is 18.5 Å². The van der Waals surface area contributed by atoms with E-state index in [0.29, 0.717) is 22.4 Å². The molecule has 0 radical (unpaired) electrons. The second-order valence-electron chi connectivity index (χ2n) is 5.69. The molecule has 124 valence electrons. The van der Waals surface area contributed by atoms with Gasteiger partial charge in [0.25, 0.3) is 0 Å². The highest BCUT2D eigenvalue weighted by Gasteiger charge is 2.14. The number of aliphatic hydroxyl groups excluding tert-OH is 1. The first-order valence-electron chi connectivity index (χ1n) is 7.55. The zero-order valence-corrected chi connectivity index (χ0v) is 14.0. The number of ether oxygens (including phenoxy) is 1. The number of anilines is 1. The van der Waals surface area contributed by atoms with E-state index in [2.05, 4.69) is 0 Å². The molecule has 24 heavy (non-hydrogen) atoms. The Morgan fingerprint density at radius 2 is 1.92 bits per heavy atom. The summed E-state index contributed by atoms with van der Waals surface area (Å²) in [5, 5.41) is 19.0. The first-order chi connectivity index (χ1) is 11.4. The van der Waals surface area contributed by atoms with Crippen molar-refractivity contribution in [2.45, 2.75) is 13.0 Å². The number of Topliss-reactive ketones (excluding diaryl/α,β-unsaturated/α-hetero) is 1. The summed E-state index contributed by atoms with van der Waals surface area (Å²) in [5.41, 5.74) is 2.57. The molecule has 1 unspecified atom stereocenters. The van der Waals surface area contributed by atoms with Gasteiger partial charge in [-0.05, 0) is 36.8 Å². The normalized spacial score (nSPS) is 11.5. The van der Waals surface area contributed by atoms with Crippen LogP contribution in [0.3, 0.4) is 0 Å². The van der Waals surface area contributed by atoms with Crippen molar-refractivity contribution >= 4 is 11.5 Å². The maximum Gasteiger partial charge on any atom is 0.163 e. The predicted molar refractivity (Wildman–Crippen MR) is 92.4 cm³/mol. The molecule has 1 atom stereocenters. The van der Waals surface area contributed by atoms with E-state index in [1.807, 2.05) is 31.1 Å². The molecular weight excluding hydrogens is 304 g/mol. The topological polar surface area (TPSA) is 73.6 Å². The van der Waals surface area contributed by atoms with Crippen LogP contribution in [-0.4, -0.2) is 31.6 Å². The van der Waals surface area contributed by atoms with E-state index >= 15 is 0 Å². The summed E-state index contributed by atoms with van der Waals surface area (Å²) in [6, 6.07) is 14.1. The van der Waals surface area contributed by atoms with Crippen LogP contribution in [-0.2, 0) is 0 Å². The van der Waals surface area contributed by atoms with E-state index in [-0.39, 0.29) is 12.4 Å². The number of hydrogen-bond donors (Lipinski definition) is 1. The zero-order chi connectivity index (χ0) is 17.7. The minimum atomic E-state index is -0.847. The monoisotopic (exact) mass is 324 g/mol. The van der Waals surface area contributed by atoms with Crippen molar-refractivity contribution in [1.29, 1.82) is 5.26 Å². The highest BCUT2D eigenvalue weighted by Crippen LogP contribution is 2.26. The zero-order valence-electron chi connectivity index (χ0n) is 14.0. The van der Waals surface area contributed by atoms with Gasteiger partial charge in [0.2, 0.25) is 0 Å². The molecule has 5 heteroatoms. The lowest BCUT2D eigenvalue weighted by atomic mass is 10.1. The number of aliphatic hydroxyl groups is 1. The van der Waals surface area contributed by atoms with Gasteiger partial charge < -0.3 is 14.7 Å². The molecule has 2 aromatic rings. The van der Waals surface area contributed by atoms with Crippen molar-refractivity contribution in [3.05, 3.63) is 59.2 Å². The molecule has 2 rings (SSSR count). The molecule has 0 fully saturated rings. The van der Waals surface area contributed by atoms with Crippen molar-refractivity contribution in [2.75, 3.05) is 25.6 Å². The molecule has 0 aromatic heterocycles. The van der Waals surface area contributed by atoms with Crippen LogP contribution in [0.15, 0.2) is 42.5 Å². The molecule has 0 amide bonds. The number of hydrogen-bond acceptors (Lipinski definition) is 5. The van der Waals surface area contributed by atoms with Crippen LogP contribution >= 0.6 is 0 Å². The number of nitriles is 1. The lowest BCUT2D eigenvalue weighted by molar-refractivity contribution is 0.0977. The van der Waals surface area contributed by atoms with Crippen molar-refractivity contribution < 1.29 is 14.6 Å². The fourth-order valence-corrected chi connectivity index (χ4v) is 2.24.